The summed E-state index contributed by atoms with van der Waals surface area (Å²) < 4.78 is 78.9. The van der Waals surface area contributed by atoms with E-state index in [1.54, 1.807) is 0 Å². The Kier molecular flexibility index (Phi) is 5.57. The molecule has 23 heavy (non-hydrogen) atoms. The van der Waals surface area contributed by atoms with E-state index in [1.165, 1.54) is 31.4 Å². The van der Waals surface area contributed by atoms with Crippen molar-refractivity contribution in [1.29, 1.82) is 0 Å². The van der Waals surface area contributed by atoms with Crippen molar-refractivity contribution in [2.45, 2.75) is 12.4 Å². The molecule has 1 aromatic rings. The highest BCUT2D eigenvalue weighted by atomic mass is 19.4. The summed E-state index contributed by atoms with van der Waals surface area (Å²) in [6, 6.07) is 5.49. The van der Waals surface area contributed by atoms with Gasteiger partial charge in [-0.25, -0.2) is 0 Å². The van der Waals surface area contributed by atoms with Gasteiger partial charge in [0.05, 0.1) is 7.11 Å². The van der Waals surface area contributed by atoms with Gasteiger partial charge in [-0.05, 0) is 17.7 Å². The van der Waals surface area contributed by atoms with E-state index in [0.717, 1.165) is 6.08 Å². The lowest BCUT2D eigenvalue weighted by Crippen LogP contribution is -2.40. The fourth-order valence-electron chi connectivity index (χ4n) is 1.57. The highest BCUT2D eigenvalue weighted by Gasteiger charge is 2.52. The Balaban J connectivity index is 3.11. The van der Waals surface area contributed by atoms with Crippen LogP contribution in [0.1, 0.15) is 5.56 Å². The molecule has 0 atom stereocenters. The van der Waals surface area contributed by atoms with Gasteiger partial charge in [0.2, 0.25) is 0 Å². The molecule has 0 aliphatic rings. The maximum Gasteiger partial charge on any atom is 0.451 e. The summed E-state index contributed by atoms with van der Waals surface area (Å²) in [6.07, 6.45) is -10.0. The van der Waals surface area contributed by atoms with E-state index in [-0.39, 0.29) is 11.6 Å². The molecular formula is C14H10F6O3. The smallest absolute Gasteiger partial charge is 0.451 e. The van der Waals surface area contributed by atoms with Gasteiger partial charge in [0.1, 0.15) is 11.7 Å². The Morgan fingerprint density at radius 2 is 1.39 bits per heavy atom. The Hall–Kier alpha value is -2.32. The van der Waals surface area contributed by atoms with Crippen molar-refractivity contribution < 1.29 is 40.7 Å². The van der Waals surface area contributed by atoms with E-state index in [0.29, 0.717) is 5.75 Å². The maximum absolute atomic E-state index is 12.4. The number of hydrogen-bond acceptors (Lipinski definition) is 3. The molecule has 0 spiro atoms. The lowest BCUT2D eigenvalue weighted by molar-refractivity contribution is -0.187. The van der Waals surface area contributed by atoms with E-state index in [2.05, 4.69) is 0 Å². The van der Waals surface area contributed by atoms with Crippen LogP contribution in [-0.4, -0.2) is 31.0 Å². The molecular weight excluding hydrogens is 330 g/mol. The minimum absolute atomic E-state index is 0.195. The number of Topliss-reactive ketones (excluding diaryl/α,β-unsaturated/α-hetero) is 2. The lowest BCUT2D eigenvalue weighted by Gasteiger charge is -2.14. The number of ether oxygens (including phenoxy) is 1. The molecule has 1 rings (SSSR count). The first-order valence-corrected chi connectivity index (χ1v) is 6.01. The van der Waals surface area contributed by atoms with Gasteiger partial charge in [-0.1, -0.05) is 24.3 Å². The standard InChI is InChI=1S/C14H10F6O3/c1-23-9-5-2-8(3-6-9)4-7-10(11(21)13(15,16)17)12(22)14(18,19)20/h2-7,10H,1H3. The second-order valence-electron chi connectivity index (χ2n) is 4.33. The van der Waals surface area contributed by atoms with Gasteiger partial charge in [-0.3, -0.25) is 9.59 Å². The summed E-state index contributed by atoms with van der Waals surface area (Å²) in [6.45, 7) is 0. The fourth-order valence-corrected chi connectivity index (χ4v) is 1.57. The topological polar surface area (TPSA) is 43.4 Å². The molecule has 0 heterocycles. The van der Waals surface area contributed by atoms with Crippen LogP contribution in [0.2, 0.25) is 0 Å². The molecule has 0 radical (unpaired) electrons. The molecule has 1 aromatic carbocycles. The number of halogens is 6. The number of allylic oxidation sites excluding steroid dienone is 1. The summed E-state index contributed by atoms with van der Waals surface area (Å²) in [5.74, 6) is -8.11. The number of benzene rings is 1. The Bertz CT molecular complexity index is 572. The zero-order valence-electron chi connectivity index (χ0n) is 11.5. The van der Waals surface area contributed by atoms with Crippen LogP contribution < -0.4 is 4.74 Å². The zero-order valence-corrected chi connectivity index (χ0v) is 11.5. The lowest BCUT2D eigenvalue weighted by atomic mass is 9.96. The fraction of sp³-hybridized carbons (Fsp3) is 0.286. The van der Waals surface area contributed by atoms with E-state index >= 15 is 0 Å². The van der Waals surface area contributed by atoms with E-state index < -0.39 is 29.8 Å². The van der Waals surface area contributed by atoms with Crippen LogP contribution in [0.4, 0.5) is 26.3 Å². The predicted molar refractivity (Wildman–Crippen MR) is 67.6 cm³/mol. The molecule has 0 amide bonds. The quantitative estimate of drug-likeness (QED) is 0.608. The minimum Gasteiger partial charge on any atom is -0.497 e. The van der Waals surface area contributed by atoms with Gasteiger partial charge in [-0.15, -0.1) is 0 Å². The second-order valence-corrected chi connectivity index (χ2v) is 4.33. The van der Waals surface area contributed by atoms with E-state index in [9.17, 15) is 35.9 Å². The normalized spacial score (nSPS) is 12.7. The third kappa shape index (κ3) is 5.11. The Labute approximate surface area is 126 Å². The van der Waals surface area contributed by atoms with Crippen LogP contribution in [0, 0.1) is 5.92 Å². The number of hydrogen-bond donors (Lipinski definition) is 0. The average Bonchev–Trinajstić information content (AvgIpc) is 2.45. The third-order valence-electron chi connectivity index (χ3n) is 2.72. The van der Waals surface area contributed by atoms with Crippen molar-refractivity contribution in [3.8, 4) is 5.75 Å². The summed E-state index contributed by atoms with van der Waals surface area (Å²) in [7, 11) is 1.37. The third-order valence-corrected chi connectivity index (χ3v) is 2.72. The Morgan fingerprint density at radius 1 is 0.957 bits per heavy atom. The summed E-state index contributed by atoms with van der Waals surface area (Å²) >= 11 is 0. The molecule has 0 saturated heterocycles. The monoisotopic (exact) mass is 340 g/mol. The number of carbonyl (C=O) groups is 2. The molecule has 0 N–H and O–H groups in total. The van der Waals surface area contributed by atoms with Gasteiger partial charge < -0.3 is 4.74 Å². The van der Waals surface area contributed by atoms with Crippen molar-refractivity contribution in [2.75, 3.05) is 7.11 Å². The number of carbonyl (C=O) groups excluding carboxylic acids is 2. The minimum atomic E-state index is -5.56. The number of ketones is 2. The summed E-state index contributed by atoms with van der Waals surface area (Å²) in [5.41, 5.74) is 0.195. The van der Waals surface area contributed by atoms with Crippen LogP contribution in [0.15, 0.2) is 30.3 Å². The Morgan fingerprint density at radius 3 is 1.74 bits per heavy atom. The van der Waals surface area contributed by atoms with Crippen LogP contribution in [0.5, 0.6) is 5.75 Å². The highest BCUT2D eigenvalue weighted by molar-refractivity contribution is 6.09. The predicted octanol–water partition coefficient (Wildman–Crippen LogP) is 3.59. The highest BCUT2D eigenvalue weighted by Crippen LogP contribution is 2.29. The van der Waals surface area contributed by atoms with Crippen molar-refractivity contribution >= 4 is 17.6 Å². The van der Waals surface area contributed by atoms with Gasteiger partial charge >= 0.3 is 12.4 Å². The number of methoxy groups -OCH3 is 1. The van der Waals surface area contributed by atoms with Gasteiger partial charge in [0.15, 0.2) is 0 Å². The van der Waals surface area contributed by atoms with Crippen LogP contribution in [-0.2, 0) is 9.59 Å². The molecule has 0 aliphatic heterocycles. The molecule has 0 saturated carbocycles. The first-order valence-electron chi connectivity index (χ1n) is 6.01. The number of alkyl halides is 6. The SMILES string of the molecule is COc1ccc(C=CC(C(=O)C(F)(F)F)C(=O)C(F)(F)F)cc1. The first kappa shape index (κ1) is 18.7. The second kappa shape index (κ2) is 6.84. The van der Waals surface area contributed by atoms with Crippen molar-refractivity contribution in [3.05, 3.63) is 35.9 Å². The molecule has 0 unspecified atom stereocenters. The van der Waals surface area contributed by atoms with Crippen molar-refractivity contribution in [1.82, 2.24) is 0 Å². The molecule has 3 nitrogen and oxygen atoms in total. The summed E-state index contributed by atoms with van der Waals surface area (Å²) in [5, 5.41) is 0. The number of rotatable bonds is 5. The van der Waals surface area contributed by atoms with Crippen molar-refractivity contribution in [3.63, 3.8) is 0 Å². The molecule has 0 aromatic heterocycles. The molecule has 0 bridgehead atoms. The van der Waals surface area contributed by atoms with Gasteiger partial charge in [-0.2, -0.15) is 26.3 Å². The zero-order chi connectivity index (χ0) is 17.8. The first-order chi connectivity index (χ1) is 10.5. The van der Waals surface area contributed by atoms with Crippen molar-refractivity contribution in [2.24, 2.45) is 5.92 Å². The van der Waals surface area contributed by atoms with E-state index in [4.69, 9.17) is 4.74 Å². The van der Waals surface area contributed by atoms with Crippen LogP contribution >= 0.6 is 0 Å². The molecule has 126 valence electrons. The average molecular weight is 340 g/mol. The van der Waals surface area contributed by atoms with E-state index in [1.807, 2.05) is 0 Å². The summed E-state index contributed by atoms with van der Waals surface area (Å²) in [4.78, 5) is 22.1. The maximum atomic E-state index is 12.4. The van der Waals surface area contributed by atoms with Gasteiger partial charge in [0, 0.05) is 0 Å². The van der Waals surface area contributed by atoms with Crippen LogP contribution in [0.3, 0.4) is 0 Å². The molecule has 0 fully saturated rings. The van der Waals surface area contributed by atoms with Crippen LogP contribution in [0.25, 0.3) is 6.08 Å². The van der Waals surface area contributed by atoms with Gasteiger partial charge in [0.25, 0.3) is 11.6 Å². The molecule has 9 heteroatoms. The molecule has 0 aliphatic carbocycles. The largest absolute Gasteiger partial charge is 0.497 e.